The van der Waals surface area contributed by atoms with E-state index in [1.54, 1.807) is 19.2 Å². The van der Waals surface area contributed by atoms with Crippen LogP contribution in [0.25, 0.3) is 6.08 Å². The molecule has 0 bridgehead atoms. The molecule has 22 heavy (non-hydrogen) atoms. The first kappa shape index (κ1) is 16.2. The van der Waals surface area contributed by atoms with E-state index in [0.29, 0.717) is 25.1 Å². The summed E-state index contributed by atoms with van der Waals surface area (Å²) < 4.78 is 5.16. The second-order valence-corrected chi connectivity index (χ2v) is 5.44. The molecule has 0 aromatic carbocycles. The average molecular weight is 302 g/mol. The molecule has 0 saturated heterocycles. The Bertz CT molecular complexity index is 534. The number of rotatable bonds is 5. The first-order valence-electron chi connectivity index (χ1n) is 7.75. The number of carbonyl (C=O) groups is 2. The van der Waals surface area contributed by atoms with Gasteiger partial charge in [0.15, 0.2) is 0 Å². The quantitative estimate of drug-likeness (QED) is 0.670. The summed E-state index contributed by atoms with van der Waals surface area (Å²) in [4.78, 5) is 28.5. The number of hydrogen-bond donors (Lipinski definition) is 1. The molecule has 2 rings (SSSR count). The van der Waals surface area contributed by atoms with E-state index in [-0.39, 0.29) is 11.9 Å². The van der Waals surface area contributed by atoms with Crippen molar-refractivity contribution in [1.29, 1.82) is 0 Å². The van der Waals surface area contributed by atoms with Gasteiger partial charge in [-0.3, -0.25) is 9.78 Å². The lowest BCUT2D eigenvalue weighted by Gasteiger charge is -2.35. The van der Waals surface area contributed by atoms with Crippen LogP contribution in [-0.2, 0) is 14.3 Å². The Balaban J connectivity index is 2.05. The van der Waals surface area contributed by atoms with Crippen LogP contribution in [0, 0.1) is 0 Å². The van der Waals surface area contributed by atoms with Crippen LogP contribution in [0.15, 0.2) is 30.5 Å². The molecule has 5 heteroatoms. The fraction of sp³-hybridized carbons (Fsp3) is 0.471. The summed E-state index contributed by atoms with van der Waals surface area (Å²) in [6, 6.07) is 5.48. The minimum Gasteiger partial charge on any atom is -0.464 e. The highest BCUT2D eigenvalue weighted by atomic mass is 16.5. The first-order chi connectivity index (χ1) is 10.7. The Kier molecular flexibility index (Phi) is 5.69. The largest absolute Gasteiger partial charge is 0.464 e. The number of hydrogen-bond acceptors (Lipinski definition) is 4. The van der Waals surface area contributed by atoms with E-state index in [2.05, 4.69) is 10.3 Å². The van der Waals surface area contributed by atoms with Crippen molar-refractivity contribution in [2.75, 3.05) is 6.61 Å². The molecule has 1 N–H and O–H groups in total. The van der Waals surface area contributed by atoms with Crippen molar-refractivity contribution in [2.24, 2.45) is 0 Å². The smallest absolute Gasteiger partial charge is 0.331 e. The minimum atomic E-state index is -0.875. The summed E-state index contributed by atoms with van der Waals surface area (Å²) >= 11 is 0. The third-order valence-electron chi connectivity index (χ3n) is 3.83. The number of esters is 1. The van der Waals surface area contributed by atoms with E-state index < -0.39 is 5.54 Å². The van der Waals surface area contributed by atoms with Crippen molar-refractivity contribution in [3.8, 4) is 0 Å². The Morgan fingerprint density at radius 1 is 1.32 bits per heavy atom. The highest BCUT2D eigenvalue weighted by Crippen LogP contribution is 2.29. The number of pyridine rings is 1. The predicted octanol–water partition coefficient (Wildman–Crippen LogP) is 2.48. The third-order valence-corrected chi connectivity index (χ3v) is 3.83. The van der Waals surface area contributed by atoms with Crippen molar-refractivity contribution in [2.45, 2.75) is 44.6 Å². The molecule has 1 amide bonds. The van der Waals surface area contributed by atoms with E-state index in [4.69, 9.17) is 4.74 Å². The fourth-order valence-electron chi connectivity index (χ4n) is 2.72. The SMILES string of the molecule is CCOC(=O)C1(NC(=O)C=Cc2ccccn2)CCCCC1. The van der Waals surface area contributed by atoms with Gasteiger partial charge in [-0.15, -0.1) is 0 Å². The van der Waals surface area contributed by atoms with E-state index in [1.807, 2.05) is 18.2 Å². The summed E-state index contributed by atoms with van der Waals surface area (Å²) in [7, 11) is 0. The highest BCUT2D eigenvalue weighted by Gasteiger charge is 2.41. The van der Waals surface area contributed by atoms with Crippen LogP contribution in [0.1, 0.15) is 44.7 Å². The van der Waals surface area contributed by atoms with Gasteiger partial charge in [-0.2, -0.15) is 0 Å². The molecule has 1 aromatic rings. The summed E-state index contributed by atoms with van der Waals surface area (Å²) in [6.45, 7) is 2.09. The summed E-state index contributed by atoms with van der Waals surface area (Å²) in [6.07, 6.45) is 8.91. The van der Waals surface area contributed by atoms with Gasteiger partial charge in [0, 0.05) is 12.3 Å². The van der Waals surface area contributed by atoms with E-state index >= 15 is 0 Å². The van der Waals surface area contributed by atoms with Crippen molar-refractivity contribution < 1.29 is 14.3 Å². The summed E-state index contributed by atoms with van der Waals surface area (Å²) in [5.74, 6) is -0.616. The number of nitrogens with one attached hydrogen (secondary N) is 1. The molecule has 5 nitrogen and oxygen atoms in total. The van der Waals surface area contributed by atoms with Crippen LogP contribution < -0.4 is 5.32 Å². The second kappa shape index (κ2) is 7.73. The molecule has 0 unspecified atom stereocenters. The van der Waals surface area contributed by atoms with Crippen LogP contribution in [0.2, 0.25) is 0 Å². The van der Waals surface area contributed by atoms with Gasteiger partial charge < -0.3 is 10.1 Å². The van der Waals surface area contributed by atoms with Crippen LogP contribution in [-0.4, -0.2) is 29.0 Å². The Morgan fingerprint density at radius 2 is 2.09 bits per heavy atom. The van der Waals surface area contributed by atoms with Gasteiger partial charge in [0.05, 0.1) is 12.3 Å². The molecular formula is C17H22N2O3. The topological polar surface area (TPSA) is 68.3 Å². The maximum absolute atomic E-state index is 12.3. The van der Waals surface area contributed by atoms with Gasteiger partial charge >= 0.3 is 5.97 Å². The molecule has 1 aromatic heterocycles. The zero-order valence-corrected chi connectivity index (χ0v) is 12.9. The molecule has 0 aliphatic heterocycles. The summed E-state index contributed by atoms with van der Waals surface area (Å²) in [5, 5.41) is 2.86. The van der Waals surface area contributed by atoms with Crippen molar-refractivity contribution in [3.05, 3.63) is 36.2 Å². The predicted molar refractivity (Wildman–Crippen MR) is 83.9 cm³/mol. The van der Waals surface area contributed by atoms with Gasteiger partial charge in [-0.25, -0.2) is 4.79 Å². The lowest BCUT2D eigenvalue weighted by Crippen LogP contribution is -2.56. The van der Waals surface area contributed by atoms with Gasteiger partial charge in [0.2, 0.25) is 5.91 Å². The highest BCUT2D eigenvalue weighted by molar-refractivity contribution is 5.96. The fourth-order valence-corrected chi connectivity index (χ4v) is 2.72. The van der Waals surface area contributed by atoms with Gasteiger partial charge in [-0.05, 0) is 38.0 Å². The monoisotopic (exact) mass is 302 g/mol. The van der Waals surface area contributed by atoms with E-state index in [1.165, 1.54) is 6.08 Å². The average Bonchev–Trinajstić information content (AvgIpc) is 2.55. The number of nitrogens with zero attached hydrogens (tertiary/aromatic N) is 1. The van der Waals surface area contributed by atoms with Crippen LogP contribution >= 0.6 is 0 Å². The molecule has 1 aliphatic carbocycles. The maximum atomic E-state index is 12.3. The van der Waals surface area contributed by atoms with E-state index in [9.17, 15) is 9.59 Å². The standard InChI is InChI=1S/C17H22N2O3/c1-2-22-16(21)17(11-5-3-6-12-17)19-15(20)10-9-14-8-4-7-13-18-14/h4,7-10,13H,2-3,5-6,11-12H2,1H3,(H,19,20). The molecule has 1 fully saturated rings. The van der Waals surface area contributed by atoms with Crippen molar-refractivity contribution >= 4 is 18.0 Å². The molecule has 1 aliphatic rings. The lowest BCUT2D eigenvalue weighted by atomic mass is 9.81. The number of amides is 1. The first-order valence-corrected chi connectivity index (χ1v) is 7.75. The molecule has 0 spiro atoms. The minimum absolute atomic E-state index is 0.291. The van der Waals surface area contributed by atoms with E-state index in [0.717, 1.165) is 19.3 Å². The molecule has 0 radical (unpaired) electrons. The molecule has 0 atom stereocenters. The Morgan fingerprint density at radius 3 is 2.73 bits per heavy atom. The zero-order valence-electron chi connectivity index (χ0n) is 12.9. The third kappa shape index (κ3) is 4.16. The Labute approximate surface area is 130 Å². The normalized spacial score (nSPS) is 17.1. The molecule has 118 valence electrons. The van der Waals surface area contributed by atoms with Crippen LogP contribution in [0.4, 0.5) is 0 Å². The van der Waals surface area contributed by atoms with Gasteiger partial charge in [0.25, 0.3) is 0 Å². The summed E-state index contributed by atoms with van der Waals surface area (Å²) in [5.41, 5.74) is -0.175. The van der Waals surface area contributed by atoms with Crippen LogP contribution in [0.5, 0.6) is 0 Å². The lowest BCUT2D eigenvalue weighted by molar-refractivity contribution is -0.154. The Hall–Kier alpha value is -2.17. The van der Waals surface area contributed by atoms with Gasteiger partial charge in [0.1, 0.15) is 5.54 Å². The maximum Gasteiger partial charge on any atom is 0.331 e. The molecule has 1 saturated carbocycles. The van der Waals surface area contributed by atoms with Crippen molar-refractivity contribution in [3.63, 3.8) is 0 Å². The number of ether oxygens (including phenoxy) is 1. The number of carbonyl (C=O) groups excluding carboxylic acids is 2. The second-order valence-electron chi connectivity index (χ2n) is 5.44. The molecular weight excluding hydrogens is 280 g/mol. The zero-order chi connectivity index (χ0) is 15.8. The van der Waals surface area contributed by atoms with Crippen molar-refractivity contribution in [1.82, 2.24) is 10.3 Å². The number of aromatic nitrogens is 1. The van der Waals surface area contributed by atoms with Gasteiger partial charge in [-0.1, -0.05) is 25.3 Å². The molecule has 1 heterocycles. The van der Waals surface area contributed by atoms with Crippen LogP contribution in [0.3, 0.4) is 0 Å².